The predicted octanol–water partition coefficient (Wildman–Crippen LogP) is 4.33. The lowest BCUT2D eigenvalue weighted by Crippen LogP contribution is -2.27. The number of carbonyl (C=O) groups is 1. The first-order valence-corrected chi connectivity index (χ1v) is 7.82. The first kappa shape index (κ1) is 18.2. The molecule has 0 aromatic heterocycles. The number of nitrogens with zero attached hydrogens (tertiary/aromatic N) is 1. The van der Waals surface area contributed by atoms with Gasteiger partial charge in [-0.1, -0.05) is 40.2 Å². The molecule has 0 atom stereocenters. The maximum atomic E-state index is 12.4. The van der Waals surface area contributed by atoms with Crippen LogP contribution in [0.5, 0.6) is 5.75 Å². The van der Waals surface area contributed by atoms with Crippen molar-refractivity contribution in [3.63, 3.8) is 0 Å². The van der Waals surface area contributed by atoms with E-state index in [1.165, 1.54) is 0 Å². The van der Waals surface area contributed by atoms with Crippen molar-refractivity contribution in [1.29, 1.82) is 0 Å². The summed E-state index contributed by atoms with van der Waals surface area (Å²) in [7, 11) is 1.60. The smallest absolute Gasteiger partial charge is 0.271 e. The third-order valence-electron chi connectivity index (χ3n) is 3.67. The zero-order chi connectivity index (χ0) is 16.8. The number of hydrogen-bond donors (Lipinski definition) is 1. The molecule has 1 aromatic carbocycles. The summed E-state index contributed by atoms with van der Waals surface area (Å²) >= 11 is 0. The minimum absolute atomic E-state index is 0.0497. The van der Waals surface area contributed by atoms with Crippen molar-refractivity contribution in [2.24, 2.45) is 10.5 Å². The third-order valence-corrected chi connectivity index (χ3v) is 3.67. The number of hydrazone groups is 1. The van der Waals surface area contributed by atoms with Gasteiger partial charge < -0.3 is 4.74 Å². The van der Waals surface area contributed by atoms with Crippen molar-refractivity contribution in [2.45, 2.75) is 53.9 Å². The van der Waals surface area contributed by atoms with Crippen molar-refractivity contribution in [1.82, 2.24) is 5.43 Å². The Labute approximate surface area is 134 Å². The first-order chi connectivity index (χ1) is 10.3. The number of benzene rings is 1. The van der Waals surface area contributed by atoms with Crippen LogP contribution in [0.3, 0.4) is 0 Å². The Balaban J connectivity index is 2.93. The van der Waals surface area contributed by atoms with E-state index in [2.05, 4.69) is 38.2 Å². The Kier molecular flexibility index (Phi) is 6.60. The number of nitrogens with one attached hydrogen (secondary N) is 1. The molecule has 1 aromatic rings. The van der Waals surface area contributed by atoms with Gasteiger partial charge in [-0.05, 0) is 31.9 Å². The highest BCUT2D eigenvalue weighted by molar-refractivity contribution is 5.97. The fraction of sp³-hybridized carbons (Fsp3) is 0.556. The first-order valence-electron chi connectivity index (χ1n) is 7.82. The molecular formula is C18H28N2O2. The van der Waals surface area contributed by atoms with Gasteiger partial charge in [0.05, 0.1) is 7.11 Å². The van der Waals surface area contributed by atoms with Crippen LogP contribution in [0.1, 0.15) is 62.9 Å². The summed E-state index contributed by atoms with van der Waals surface area (Å²) in [5, 5.41) is 4.38. The van der Waals surface area contributed by atoms with Crippen molar-refractivity contribution in [2.75, 3.05) is 7.11 Å². The monoisotopic (exact) mass is 304 g/mol. The molecule has 0 fully saturated rings. The van der Waals surface area contributed by atoms with E-state index in [0.29, 0.717) is 11.3 Å². The van der Waals surface area contributed by atoms with Crippen LogP contribution in [0, 0.1) is 12.3 Å². The second kappa shape index (κ2) is 7.97. The Morgan fingerprint density at radius 3 is 2.55 bits per heavy atom. The number of unbranched alkanes of at least 4 members (excludes halogenated alkanes) is 1. The van der Waals surface area contributed by atoms with Crippen LogP contribution >= 0.6 is 0 Å². The molecule has 1 amide bonds. The Bertz CT molecular complexity index is 543. The maximum Gasteiger partial charge on any atom is 0.271 e. The quantitative estimate of drug-likeness (QED) is 0.628. The Morgan fingerprint density at radius 1 is 1.32 bits per heavy atom. The summed E-state index contributed by atoms with van der Waals surface area (Å²) in [6.07, 6.45) is 3.08. The molecule has 0 aliphatic carbocycles. The standard InChI is InChI=1S/C18H28N2O2/c1-7-8-12-16(18(3,4)5)19-20-17(21)14-10-9-11-15(22-6)13(14)2/h9-11H,7-8,12H2,1-6H3,(H,20,21)/b19-16+. The molecule has 22 heavy (non-hydrogen) atoms. The van der Waals surface area contributed by atoms with Gasteiger partial charge in [-0.3, -0.25) is 4.79 Å². The minimum Gasteiger partial charge on any atom is -0.496 e. The fourth-order valence-corrected chi connectivity index (χ4v) is 2.20. The van der Waals surface area contributed by atoms with Crippen LogP contribution in [0.15, 0.2) is 23.3 Å². The van der Waals surface area contributed by atoms with E-state index < -0.39 is 0 Å². The highest BCUT2D eigenvalue weighted by atomic mass is 16.5. The average molecular weight is 304 g/mol. The molecule has 1 N–H and O–H groups in total. The topological polar surface area (TPSA) is 50.7 Å². The molecule has 0 aliphatic rings. The molecule has 0 heterocycles. The number of carbonyl (C=O) groups excluding carboxylic acids is 1. The molecule has 122 valence electrons. The number of hydrogen-bond acceptors (Lipinski definition) is 3. The van der Waals surface area contributed by atoms with Crippen LogP contribution in [0.4, 0.5) is 0 Å². The van der Waals surface area contributed by atoms with Crippen molar-refractivity contribution < 1.29 is 9.53 Å². The second-order valence-corrected chi connectivity index (χ2v) is 6.49. The lowest BCUT2D eigenvalue weighted by Gasteiger charge is -2.21. The molecule has 0 bridgehead atoms. The zero-order valence-electron chi connectivity index (χ0n) is 14.6. The molecule has 1 rings (SSSR count). The van der Waals surface area contributed by atoms with Crippen LogP contribution in [0.25, 0.3) is 0 Å². The molecule has 0 unspecified atom stereocenters. The predicted molar refractivity (Wildman–Crippen MR) is 91.6 cm³/mol. The Morgan fingerprint density at radius 2 is 2.00 bits per heavy atom. The fourth-order valence-electron chi connectivity index (χ4n) is 2.20. The highest BCUT2D eigenvalue weighted by Crippen LogP contribution is 2.22. The van der Waals surface area contributed by atoms with Gasteiger partial charge in [0.25, 0.3) is 5.91 Å². The summed E-state index contributed by atoms with van der Waals surface area (Å²) < 4.78 is 5.25. The van der Waals surface area contributed by atoms with Gasteiger partial charge in [-0.15, -0.1) is 0 Å². The molecule has 0 spiro atoms. The number of rotatable bonds is 6. The van der Waals surface area contributed by atoms with Crippen LogP contribution < -0.4 is 10.2 Å². The highest BCUT2D eigenvalue weighted by Gasteiger charge is 2.19. The van der Waals surface area contributed by atoms with Gasteiger partial charge in [0, 0.05) is 22.3 Å². The summed E-state index contributed by atoms with van der Waals surface area (Å²) in [5.41, 5.74) is 5.08. The van der Waals surface area contributed by atoms with Gasteiger partial charge in [-0.25, -0.2) is 5.43 Å². The Hall–Kier alpha value is -1.84. The number of methoxy groups -OCH3 is 1. The SMILES string of the molecule is CCCC/C(=N\NC(=O)c1cccc(OC)c1C)C(C)(C)C. The summed E-state index contributed by atoms with van der Waals surface area (Å²) in [5.74, 6) is 0.508. The summed E-state index contributed by atoms with van der Waals surface area (Å²) in [4.78, 5) is 12.4. The van der Waals surface area contributed by atoms with Gasteiger partial charge in [0.1, 0.15) is 5.75 Å². The van der Waals surface area contributed by atoms with Crippen molar-refractivity contribution in [3.8, 4) is 5.75 Å². The number of ether oxygens (including phenoxy) is 1. The van der Waals surface area contributed by atoms with E-state index in [0.717, 1.165) is 30.5 Å². The normalized spacial score (nSPS) is 12.2. The van der Waals surface area contributed by atoms with Crippen molar-refractivity contribution >= 4 is 11.6 Å². The van der Waals surface area contributed by atoms with Gasteiger partial charge in [0.2, 0.25) is 0 Å². The average Bonchev–Trinajstić information content (AvgIpc) is 2.45. The third kappa shape index (κ3) is 4.86. The minimum atomic E-state index is -0.199. The molecule has 4 heteroatoms. The van der Waals surface area contributed by atoms with E-state index in [4.69, 9.17) is 4.74 Å². The van der Waals surface area contributed by atoms with E-state index in [9.17, 15) is 4.79 Å². The number of amides is 1. The van der Waals surface area contributed by atoms with E-state index in [1.807, 2.05) is 19.1 Å². The largest absolute Gasteiger partial charge is 0.496 e. The molecular weight excluding hydrogens is 276 g/mol. The zero-order valence-corrected chi connectivity index (χ0v) is 14.6. The maximum absolute atomic E-state index is 12.4. The van der Waals surface area contributed by atoms with E-state index in [1.54, 1.807) is 13.2 Å². The van der Waals surface area contributed by atoms with Crippen LogP contribution in [-0.4, -0.2) is 18.7 Å². The van der Waals surface area contributed by atoms with E-state index in [-0.39, 0.29) is 11.3 Å². The van der Waals surface area contributed by atoms with Crippen molar-refractivity contribution in [3.05, 3.63) is 29.3 Å². The second-order valence-electron chi connectivity index (χ2n) is 6.49. The molecule has 0 aliphatic heterocycles. The summed E-state index contributed by atoms with van der Waals surface area (Å²) in [6.45, 7) is 10.4. The molecule has 0 saturated heterocycles. The van der Waals surface area contributed by atoms with E-state index >= 15 is 0 Å². The van der Waals surface area contributed by atoms with Crippen LogP contribution in [-0.2, 0) is 0 Å². The van der Waals surface area contributed by atoms with Crippen LogP contribution in [0.2, 0.25) is 0 Å². The van der Waals surface area contributed by atoms with Gasteiger partial charge >= 0.3 is 0 Å². The lowest BCUT2D eigenvalue weighted by atomic mass is 9.87. The molecule has 0 saturated carbocycles. The van der Waals surface area contributed by atoms with Gasteiger partial charge in [-0.2, -0.15) is 5.10 Å². The van der Waals surface area contributed by atoms with Gasteiger partial charge in [0.15, 0.2) is 0 Å². The molecule has 0 radical (unpaired) electrons. The molecule has 4 nitrogen and oxygen atoms in total. The summed E-state index contributed by atoms with van der Waals surface area (Å²) in [6, 6.07) is 5.44. The lowest BCUT2D eigenvalue weighted by molar-refractivity contribution is 0.0953.